The van der Waals surface area contributed by atoms with Crippen molar-refractivity contribution in [3.05, 3.63) is 39.9 Å². The van der Waals surface area contributed by atoms with Gasteiger partial charge in [0.2, 0.25) is 0 Å². The van der Waals surface area contributed by atoms with E-state index in [1.807, 2.05) is 12.1 Å². The van der Waals surface area contributed by atoms with Crippen molar-refractivity contribution in [3.63, 3.8) is 0 Å². The molecule has 104 valence electrons. The maximum absolute atomic E-state index is 10.5. The topological polar surface area (TPSA) is 55.2 Å². The SMILES string of the molecule is O=[N+]([O-])c1ccc(CCNCC2CCCCS2)cc1. The molecular weight excluding hydrogens is 260 g/mol. The van der Waals surface area contributed by atoms with Gasteiger partial charge in [0.1, 0.15) is 0 Å². The minimum absolute atomic E-state index is 0.162. The van der Waals surface area contributed by atoms with E-state index < -0.39 is 0 Å². The van der Waals surface area contributed by atoms with E-state index >= 15 is 0 Å². The van der Waals surface area contributed by atoms with Gasteiger partial charge in [-0.15, -0.1) is 0 Å². The second-order valence-corrected chi connectivity index (χ2v) is 6.27. The van der Waals surface area contributed by atoms with Crippen molar-refractivity contribution in [2.24, 2.45) is 0 Å². The number of nitrogens with one attached hydrogen (secondary N) is 1. The maximum atomic E-state index is 10.5. The highest BCUT2D eigenvalue weighted by Crippen LogP contribution is 2.24. The normalized spacial score (nSPS) is 19.3. The summed E-state index contributed by atoms with van der Waals surface area (Å²) < 4.78 is 0. The first-order valence-corrected chi connectivity index (χ1v) is 7.86. The molecule has 4 nitrogen and oxygen atoms in total. The van der Waals surface area contributed by atoms with Crippen molar-refractivity contribution in [2.45, 2.75) is 30.9 Å². The third kappa shape index (κ3) is 4.84. The predicted molar refractivity (Wildman–Crippen MR) is 79.8 cm³/mol. The Morgan fingerprint density at radius 2 is 2.11 bits per heavy atom. The fourth-order valence-electron chi connectivity index (χ4n) is 2.25. The number of nitro groups is 1. The van der Waals surface area contributed by atoms with Crippen LogP contribution in [0.25, 0.3) is 0 Å². The second kappa shape index (κ2) is 7.50. The highest BCUT2D eigenvalue weighted by molar-refractivity contribution is 7.99. The Balaban J connectivity index is 1.66. The van der Waals surface area contributed by atoms with Gasteiger partial charge in [0.05, 0.1) is 4.92 Å². The summed E-state index contributed by atoms with van der Waals surface area (Å²) in [6.07, 6.45) is 4.98. The lowest BCUT2D eigenvalue weighted by atomic mass is 10.1. The number of benzene rings is 1. The molecule has 0 aliphatic carbocycles. The highest BCUT2D eigenvalue weighted by atomic mass is 32.2. The van der Waals surface area contributed by atoms with E-state index in [0.717, 1.165) is 30.3 Å². The quantitative estimate of drug-likeness (QED) is 0.494. The zero-order valence-electron chi connectivity index (χ0n) is 11.0. The first-order valence-electron chi connectivity index (χ1n) is 6.81. The van der Waals surface area contributed by atoms with Gasteiger partial charge in [-0.2, -0.15) is 11.8 Å². The standard InChI is InChI=1S/C14H20N2O2S/c17-16(18)13-6-4-12(5-7-13)8-9-15-11-14-3-1-2-10-19-14/h4-7,14-15H,1-3,8-11H2. The number of non-ortho nitro benzene ring substituents is 1. The maximum Gasteiger partial charge on any atom is 0.269 e. The van der Waals surface area contributed by atoms with Crippen LogP contribution >= 0.6 is 11.8 Å². The van der Waals surface area contributed by atoms with Gasteiger partial charge in [0, 0.05) is 23.9 Å². The fraction of sp³-hybridized carbons (Fsp3) is 0.571. The van der Waals surface area contributed by atoms with Crippen molar-refractivity contribution in [3.8, 4) is 0 Å². The minimum atomic E-state index is -0.359. The van der Waals surface area contributed by atoms with Crippen molar-refractivity contribution >= 4 is 17.4 Å². The van der Waals surface area contributed by atoms with Crippen LogP contribution in [0.15, 0.2) is 24.3 Å². The van der Waals surface area contributed by atoms with Crippen molar-refractivity contribution in [1.29, 1.82) is 0 Å². The lowest BCUT2D eigenvalue weighted by molar-refractivity contribution is -0.384. The first kappa shape index (κ1) is 14.3. The summed E-state index contributed by atoms with van der Waals surface area (Å²) in [7, 11) is 0. The molecule has 0 spiro atoms. The average molecular weight is 280 g/mol. The van der Waals surface area contributed by atoms with E-state index in [2.05, 4.69) is 17.1 Å². The first-order chi connectivity index (χ1) is 9.25. The number of rotatable bonds is 6. The van der Waals surface area contributed by atoms with Gasteiger partial charge in [-0.3, -0.25) is 10.1 Å². The Bertz CT molecular complexity index is 402. The summed E-state index contributed by atoms with van der Waals surface area (Å²) in [5, 5.41) is 14.8. The molecule has 1 aliphatic rings. The molecule has 1 aromatic rings. The van der Waals surface area contributed by atoms with Gasteiger partial charge in [0.15, 0.2) is 0 Å². The van der Waals surface area contributed by atoms with Crippen LogP contribution in [0.3, 0.4) is 0 Å². The number of thioether (sulfide) groups is 1. The lowest BCUT2D eigenvalue weighted by Crippen LogP contribution is -2.28. The van der Waals surface area contributed by atoms with Crippen molar-refractivity contribution in [2.75, 3.05) is 18.8 Å². The van der Waals surface area contributed by atoms with Gasteiger partial charge in [-0.1, -0.05) is 18.6 Å². The van der Waals surface area contributed by atoms with Gasteiger partial charge in [-0.05, 0) is 37.1 Å². The molecule has 1 N–H and O–H groups in total. The van der Waals surface area contributed by atoms with Gasteiger partial charge >= 0.3 is 0 Å². The van der Waals surface area contributed by atoms with E-state index in [4.69, 9.17) is 0 Å². The van der Waals surface area contributed by atoms with Crippen LogP contribution in [0.1, 0.15) is 24.8 Å². The third-order valence-corrected chi connectivity index (χ3v) is 4.78. The molecule has 0 aromatic heterocycles. The molecule has 0 saturated carbocycles. The summed E-state index contributed by atoms with van der Waals surface area (Å²) in [6, 6.07) is 6.84. The zero-order valence-corrected chi connectivity index (χ0v) is 11.8. The van der Waals surface area contributed by atoms with Crippen molar-refractivity contribution in [1.82, 2.24) is 5.32 Å². The predicted octanol–water partition coefficient (Wildman–Crippen LogP) is 3.01. The van der Waals surface area contributed by atoms with E-state index in [9.17, 15) is 10.1 Å². The number of hydrogen-bond acceptors (Lipinski definition) is 4. The monoisotopic (exact) mass is 280 g/mol. The van der Waals surface area contributed by atoms with Crippen LogP contribution in [-0.4, -0.2) is 29.0 Å². The van der Waals surface area contributed by atoms with E-state index in [0.29, 0.717) is 0 Å². The Kier molecular flexibility index (Phi) is 5.66. The molecule has 1 aromatic carbocycles. The molecule has 0 bridgehead atoms. The summed E-state index contributed by atoms with van der Waals surface area (Å²) in [6.45, 7) is 2.02. The zero-order chi connectivity index (χ0) is 13.5. The van der Waals surface area contributed by atoms with Crippen LogP contribution in [0.5, 0.6) is 0 Å². The Hall–Kier alpha value is -1.07. The molecule has 1 atom stereocenters. The van der Waals surface area contributed by atoms with Crippen molar-refractivity contribution < 1.29 is 4.92 Å². The minimum Gasteiger partial charge on any atom is -0.315 e. The van der Waals surface area contributed by atoms with Crippen LogP contribution in [0.4, 0.5) is 5.69 Å². The second-order valence-electron chi connectivity index (χ2n) is 4.87. The molecule has 1 saturated heterocycles. The van der Waals surface area contributed by atoms with E-state index in [1.54, 1.807) is 12.1 Å². The average Bonchev–Trinajstić information content (AvgIpc) is 2.45. The molecule has 1 heterocycles. The summed E-state index contributed by atoms with van der Waals surface area (Å²) in [5.74, 6) is 1.30. The molecule has 0 radical (unpaired) electrons. The Labute approximate surface area is 118 Å². The number of nitro benzene ring substituents is 1. The van der Waals surface area contributed by atoms with E-state index in [-0.39, 0.29) is 10.6 Å². The molecule has 1 fully saturated rings. The Morgan fingerprint density at radius 1 is 1.32 bits per heavy atom. The summed E-state index contributed by atoms with van der Waals surface area (Å²) >= 11 is 2.08. The van der Waals surface area contributed by atoms with Gasteiger partial charge in [0.25, 0.3) is 5.69 Å². The van der Waals surface area contributed by atoms with Crippen LogP contribution in [-0.2, 0) is 6.42 Å². The van der Waals surface area contributed by atoms with Gasteiger partial charge < -0.3 is 5.32 Å². The molecule has 1 unspecified atom stereocenters. The third-order valence-electron chi connectivity index (χ3n) is 3.38. The van der Waals surface area contributed by atoms with Crippen LogP contribution in [0, 0.1) is 10.1 Å². The van der Waals surface area contributed by atoms with Crippen LogP contribution < -0.4 is 5.32 Å². The molecular formula is C14H20N2O2S. The summed E-state index contributed by atoms with van der Waals surface area (Å²) in [5.41, 5.74) is 1.31. The number of hydrogen-bond donors (Lipinski definition) is 1. The molecule has 0 amide bonds. The highest BCUT2D eigenvalue weighted by Gasteiger charge is 2.12. The molecule has 5 heteroatoms. The molecule has 2 rings (SSSR count). The smallest absolute Gasteiger partial charge is 0.269 e. The molecule has 19 heavy (non-hydrogen) atoms. The van der Waals surface area contributed by atoms with Gasteiger partial charge in [-0.25, -0.2) is 0 Å². The lowest BCUT2D eigenvalue weighted by Gasteiger charge is -2.21. The van der Waals surface area contributed by atoms with Crippen LogP contribution in [0.2, 0.25) is 0 Å². The van der Waals surface area contributed by atoms with E-state index in [1.165, 1.54) is 25.0 Å². The Morgan fingerprint density at radius 3 is 2.74 bits per heavy atom. The molecule has 1 aliphatic heterocycles. The largest absolute Gasteiger partial charge is 0.315 e. The summed E-state index contributed by atoms with van der Waals surface area (Å²) in [4.78, 5) is 10.2. The fourth-order valence-corrected chi connectivity index (χ4v) is 3.52. The number of nitrogens with zero attached hydrogens (tertiary/aromatic N) is 1.